The van der Waals surface area contributed by atoms with Crippen molar-refractivity contribution >= 4 is 5.91 Å². The normalized spacial score (nSPS) is 11.8. The largest absolute Gasteiger partial charge is 0.496 e. The van der Waals surface area contributed by atoms with Gasteiger partial charge in [-0.3, -0.25) is 4.79 Å². The van der Waals surface area contributed by atoms with Crippen molar-refractivity contribution in [2.75, 3.05) is 14.2 Å². The van der Waals surface area contributed by atoms with Gasteiger partial charge in [-0.15, -0.1) is 0 Å². The van der Waals surface area contributed by atoms with Gasteiger partial charge >= 0.3 is 0 Å². The smallest absolute Gasteiger partial charge is 0.248 e. The van der Waals surface area contributed by atoms with Gasteiger partial charge in [-0.05, 0) is 31.5 Å². The van der Waals surface area contributed by atoms with Crippen LogP contribution in [0, 0.1) is 6.92 Å². The van der Waals surface area contributed by atoms with Crippen LogP contribution in [0.1, 0.15) is 18.1 Å². The molecule has 0 heterocycles. The highest BCUT2D eigenvalue weighted by molar-refractivity contribution is 5.80. The van der Waals surface area contributed by atoms with Gasteiger partial charge in [0, 0.05) is 12.1 Å². The van der Waals surface area contributed by atoms with E-state index in [4.69, 9.17) is 14.6 Å². The molecule has 0 radical (unpaired) electrons. The summed E-state index contributed by atoms with van der Waals surface area (Å²) in [7, 11) is 3.16. The van der Waals surface area contributed by atoms with E-state index in [0.717, 1.165) is 16.9 Å². The highest BCUT2D eigenvalue weighted by atomic mass is 16.5. The summed E-state index contributed by atoms with van der Waals surface area (Å²) in [6, 6.07) is 3.67. The van der Waals surface area contributed by atoms with Crippen molar-refractivity contribution in [3.63, 3.8) is 0 Å². The van der Waals surface area contributed by atoms with Gasteiger partial charge in [0.1, 0.15) is 17.6 Å². The number of carbonyl (C=O) groups excluding carboxylic acids is 1. The first-order valence-corrected chi connectivity index (χ1v) is 5.66. The zero-order valence-electron chi connectivity index (χ0n) is 11.1. The van der Waals surface area contributed by atoms with Crippen LogP contribution >= 0.6 is 0 Å². The lowest BCUT2D eigenvalue weighted by molar-refractivity contribution is -0.128. The summed E-state index contributed by atoms with van der Waals surface area (Å²) in [4.78, 5) is 11.3. The monoisotopic (exact) mass is 253 g/mol. The molecular formula is C13H19NO4. The molecule has 0 spiro atoms. The summed E-state index contributed by atoms with van der Waals surface area (Å²) in [5, 5.41) is 11.7. The molecule has 0 bridgehead atoms. The third kappa shape index (κ3) is 3.37. The van der Waals surface area contributed by atoms with Crippen molar-refractivity contribution in [1.82, 2.24) is 5.32 Å². The predicted octanol–water partition coefficient (Wildman–Crippen LogP) is 1.01. The van der Waals surface area contributed by atoms with Crippen molar-refractivity contribution in [3.8, 4) is 11.5 Å². The van der Waals surface area contributed by atoms with Crippen molar-refractivity contribution in [2.45, 2.75) is 26.5 Å². The Balaban J connectivity index is 2.89. The topological polar surface area (TPSA) is 67.8 Å². The molecule has 1 unspecified atom stereocenters. The number of methoxy groups -OCH3 is 2. The van der Waals surface area contributed by atoms with Crippen LogP contribution in [0.3, 0.4) is 0 Å². The third-order valence-electron chi connectivity index (χ3n) is 2.63. The van der Waals surface area contributed by atoms with Crippen LogP contribution in [0.15, 0.2) is 12.1 Å². The van der Waals surface area contributed by atoms with Crippen LogP contribution in [0.2, 0.25) is 0 Å². The van der Waals surface area contributed by atoms with E-state index in [9.17, 15) is 4.79 Å². The van der Waals surface area contributed by atoms with E-state index in [1.165, 1.54) is 6.92 Å². The molecule has 0 aromatic heterocycles. The number of aryl methyl sites for hydroxylation is 1. The zero-order valence-corrected chi connectivity index (χ0v) is 11.1. The minimum absolute atomic E-state index is 0.281. The van der Waals surface area contributed by atoms with Crippen LogP contribution in [-0.4, -0.2) is 31.3 Å². The molecule has 0 aliphatic rings. The number of aliphatic hydroxyl groups is 1. The minimum Gasteiger partial charge on any atom is -0.496 e. The molecule has 5 nitrogen and oxygen atoms in total. The fraction of sp³-hybridized carbons (Fsp3) is 0.462. The lowest BCUT2D eigenvalue weighted by Gasteiger charge is -2.14. The van der Waals surface area contributed by atoms with Crippen LogP contribution in [0.4, 0.5) is 0 Å². The Morgan fingerprint density at radius 1 is 1.33 bits per heavy atom. The second kappa shape index (κ2) is 6.26. The number of aliphatic hydroxyl groups excluding tert-OH is 1. The van der Waals surface area contributed by atoms with E-state index >= 15 is 0 Å². The van der Waals surface area contributed by atoms with Crippen LogP contribution in [-0.2, 0) is 11.3 Å². The van der Waals surface area contributed by atoms with Gasteiger partial charge < -0.3 is 19.9 Å². The number of hydrogen-bond acceptors (Lipinski definition) is 4. The second-order valence-corrected chi connectivity index (χ2v) is 4.03. The van der Waals surface area contributed by atoms with Gasteiger partial charge in [-0.1, -0.05) is 0 Å². The summed E-state index contributed by atoms with van der Waals surface area (Å²) in [6.07, 6.45) is -1.02. The van der Waals surface area contributed by atoms with Gasteiger partial charge in [0.2, 0.25) is 5.91 Å². The van der Waals surface area contributed by atoms with Crippen molar-refractivity contribution in [3.05, 3.63) is 23.3 Å². The minimum atomic E-state index is -1.02. The number of hydrogen-bond donors (Lipinski definition) is 2. The first-order valence-electron chi connectivity index (χ1n) is 5.66. The van der Waals surface area contributed by atoms with Gasteiger partial charge in [0.05, 0.1) is 14.2 Å². The first kappa shape index (κ1) is 14.3. The molecule has 1 aromatic rings. The Hall–Kier alpha value is -1.75. The second-order valence-electron chi connectivity index (χ2n) is 4.03. The fourth-order valence-electron chi connectivity index (χ4n) is 1.58. The Morgan fingerprint density at radius 3 is 2.44 bits per heavy atom. The first-order chi connectivity index (χ1) is 8.49. The maximum atomic E-state index is 11.3. The predicted molar refractivity (Wildman–Crippen MR) is 67.8 cm³/mol. The number of ether oxygens (including phenoxy) is 2. The number of amides is 1. The van der Waals surface area contributed by atoms with E-state index in [1.54, 1.807) is 14.2 Å². The molecule has 0 saturated carbocycles. The fourth-order valence-corrected chi connectivity index (χ4v) is 1.58. The third-order valence-corrected chi connectivity index (χ3v) is 2.63. The highest BCUT2D eigenvalue weighted by Crippen LogP contribution is 2.28. The number of benzene rings is 1. The van der Waals surface area contributed by atoms with E-state index in [2.05, 4.69) is 5.32 Å². The number of rotatable bonds is 5. The van der Waals surface area contributed by atoms with Gasteiger partial charge in [0.25, 0.3) is 0 Å². The summed E-state index contributed by atoms with van der Waals surface area (Å²) in [6.45, 7) is 3.62. The number of nitrogens with one attached hydrogen (secondary N) is 1. The summed E-state index contributed by atoms with van der Waals surface area (Å²) in [5.41, 5.74) is 1.76. The van der Waals surface area contributed by atoms with Crippen molar-refractivity contribution in [2.24, 2.45) is 0 Å². The van der Waals surface area contributed by atoms with E-state index in [0.29, 0.717) is 5.75 Å². The molecule has 2 N–H and O–H groups in total. The lowest BCUT2D eigenvalue weighted by atomic mass is 10.1. The standard InChI is InChI=1S/C13H19NO4/c1-8-5-12(18-4)10(6-11(8)17-3)7-14-13(16)9(2)15/h5-6,9,15H,7H2,1-4H3,(H,14,16). The van der Waals surface area contributed by atoms with Gasteiger partial charge in [0.15, 0.2) is 0 Å². The average molecular weight is 253 g/mol. The molecule has 1 atom stereocenters. The average Bonchev–Trinajstić information content (AvgIpc) is 2.36. The molecule has 18 heavy (non-hydrogen) atoms. The molecule has 0 saturated heterocycles. The van der Waals surface area contributed by atoms with Crippen molar-refractivity contribution in [1.29, 1.82) is 0 Å². The Morgan fingerprint density at radius 2 is 1.94 bits per heavy atom. The van der Waals surface area contributed by atoms with E-state index < -0.39 is 12.0 Å². The Bertz CT molecular complexity index is 429. The molecule has 0 fully saturated rings. The SMILES string of the molecule is COc1cc(CNC(=O)C(C)O)c(OC)cc1C. The zero-order chi connectivity index (χ0) is 13.7. The lowest BCUT2D eigenvalue weighted by Crippen LogP contribution is -2.32. The van der Waals surface area contributed by atoms with Crippen LogP contribution in [0.5, 0.6) is 11.5 Å². The molecule has 1 rings (SSSR count). The maximum Gasteiger partial charge on any atom is 0.248 e. The van der Waals surface area contributed by atoms with Crippen molar-refractivity contribution < 1.29 is 19.4 Å². The van der Waals surface area contributed by atoms with E-state index in [-0.39, 0.29) is 6.54 Å². The van der Waals surface area contributed by atoms with Gasteiger partial charge in [-0.2, -0.15) is 0 Å². The number of carbonyl (C=O) groups is 1. The Kier molecular flexibility index (Phi) is 4.97. The summed E-state index contributed by atoms with van der Waals surface area (Å²) < 4.78 is 10.5. The molecular weight excluding hydrogens is 234 g/mol. The molecule has 0 aliphatic carbocycles. The van der Waals surface area contributed by atoms with Crippen LogP contribution in [0.25, 0.3) is 0 Å². The highest BCUT2D eigenvalue weighted by Gasteiger charge is 2.12. The van der Waals surface area contributed by atoms with Gasteiger partial charge in [-0.25, -0.2) is 0 Å². The quantitative estimate of drug-likeness (QED) is 0.821. The molecule has 1 amide bonds. The summed E-state index contributed by atoms with van der Waals surface area (Å²) in [5.74, 6) is 0.993. The Labute approximate surface area is 107 Å². The molecule has 5 heteroatoms. The summed E-state index contributed by atoms with van der Waals surface area (Å²) >= 11 is 0. The molecule has 0 aliphatic heterocycles. The van der Waals surface area contributed by atoms with E-state index in [1.807, 2.05) is 19.1 Å². The maximum absolute atomic E-state index is 11.3. The molecule has 100 valence electrons. The van der Waals surface area contributed by atoms with Crippen LogP contribution < -0.4 is 14.8 Å². The molecule has 1 aromatic carbocycles.